The number of ether oxygens (including phenoxy) is 1. The fourth-order valence-electron chi connectivity index (χ4n) is 1.95. The molecule has 2 unspecified atom stereocenters. The molecule has 2 fully saturated rings. The van der Waals surface area contributed by atoms with E-state index in [1.807, 2.05) is 0 Å². The summed E-state index contributed by atoms with van der Waals surface area (Å²) in [5.41, 5.74) is 0. The lowest BCUT2D eigenvalue weighted by Crippen LogP contribution is -2.56. The van der Waals surface area contributed by atoms with E-state index in [1.54, 1.807) is 0 Å². The zero-order chi connectivity index (χ0) is 10.5. The Morgan fingerprint density at radius 3 is 3.07 bits per heavy atom. The molecule has 0 saturated carbocycles. The molecule has 2 atom stereocenters. The van der Waals surface area contributed by atoms with Crippen molar-refractivity contribution in [2.45, 2.75) is 12.5 Å². The molecule has 0 aromatic heterocycles. The van der Waals surface area contributed by atoms with Gasteiger partial charge in [-0.05, 0) is 6.42 Å². The summed E-state index contributed by atoms with van der Waals surface area (Å²) in [6, 6.07) is -0.0685. The summed E-state index contributed by atoms with van der Waals surface area (Å²) in [5, 5.41) is 9.36. The molecule has 1 amide bonds. The highest BCUT2D eigenvalue weighted by molar-refractivity contribution is 5.82. The second kappa shape index (κ2) is 5.44. The van der Waals surface area contributed by atoms with E-state index in [1.165, 1.54) is 0 Å². The molecule has 0 aromatic rings. The molecule has 2 heterocycles. The maximum Gasteiger partial charge on any atom is 0.238 e. The minimum atomic E-state index is -0.0685. The van der Waals surface area contributed by atoms with Gasteiger partial charge in [0.1, 0.15) is 0 Å². The minimum Gasteiger partial charge on any atom is -0.381 e. The Kier molecular flexibility index (Phi) is 3.94. The maximum absolute atomic E-state index is 11.7. The van der Waals surface area contributed by atoms with Crippen LogP contribution in [-0.4, -0.2) is 51.3 Å². The number of carbonyl (C=O) groups is 1. The van der Waals surface area contributed by atoms with Crippen molar-refractivity contribution in [1.82, 2.24) is 16.0 Å². The highest BCUT2D eigenvalue weighted by atomic mass is 16.5. The second-order valence-electron chi connectivity index (χ2n) is 4.19. The summed E-state index contributed by atoms with van der Waals surface area (Å²) >= 11 is 0. The number of amides is 1. The smallest absolute Gasteiger partial charge is 0.238 e. The lowest BCUT2D eigenvalue weighted by molar-refractivity contribution is -0.123. The molecule has 3 N–H and O–H groups in total. The van der Waals surface area contributed by atoms with Crippen LogP contribution >= 0.6 is 0 Å². The average molecular weight is 213 g/mol. The normalized spacial score (nSPS) is 31.5. The van der Waals surface area contributed by atoms with Gasteiger partial charge in [0.2, 0.25) is 5.91 Å². The summed E-state index contributed by atoms with van der Waals surface area (Å²) in [7, 11) is 0. The van der Waals surface area contributed by atoms with Crippen molar-refractivity contribution in [3.63, 3.8) is 0 Å². The van der Waals surface area contributed by atoms with Crippen molar-refractivity contribution in [3.8, 4) is 0 Å². The van der Waals surface area contributed by atoms with E-state index >= 15 is 0 Å². The molecule has 2 aliphatic rings. The Morgan fingerprint density at radius 1 is 1.47 bits per heavy atom. The number of piperazine rings is 1. The van der Waals surface area contributed by atoms with Crippen LogP contribution in [0.25, 0.3) is 0 Å². The zero-order valence-corrected chi connectivity index (χ0v) is 8.92. The van der Waals surface area contributed by atoms with Crippen molar-refractivity contribution in [2.75, 3.05) is 39.4 Å². The largest absolute Gasteiger partial charge is 0.381 e. The van der Waals surface area contributed by atoms with Gasteiger partial charge < -0.3 is 20.7 Å². The Labute approximate surface area is 89.9 Å². The molecule has 5 heteroatoms. The zero-order valence-electron chi connectivity index (χ0n) is 8.92. The predicted octanol–water partition coefficient (Wildman–Crippen LogP) is -1.30. The van der Waals surface area contributed by atoms with Gasteiger partial charge in [-0.2, -0.15) is 0 Å². The second-order valence-corrected chi connectivity index (χ2v) is 4.19. The number of rotatable bonds is 3. The molecule has 0 bridgehead atoms. The van der Waals surface area contributed by atoms with Crippen LogP contribution in [0.5, 0.6) is 0 Å². The molecule has 5 nitrogen and oxygen atoms in total. The average Bonchev–Trinajstić information content (AvgIpc) is 2.80. The monoisotopic (exact) mass is 213 g/mol. The van der Waals surface area contributed by atoms with Crippen LogP contribution in [0, 0.1) is 5.92 Å². The van der Waals surface area contributed by atoms with Gasteiger partial charge in [0.25, 0.3) is 0 Å². The molecule has 15 heavy (non-hydrogen) atoms. The standard InChI is InChI=1S/C10H19N3O2/c14-10(9-6-11-2-3-12-9)13-5-8-1-4-15-7-8/h8-9,11-12H,1-7H2,(H,13,14). The van der Waals surface area contributed by atoms with Crippen LogP contribution < -0.4 is 16.0 Å². The Balaban J connectivity index is 1.66. The van der Waals surface area contributed by atoms with E-state index < -0.39 is 0 Å². The number of carbonyl (C=O) groups excluding carboxylic acids is 1. The SMILES string of the molecule is O=C(NCC1CCOC1)C1CNCCN1. The van der Waals surface area contributed by atoms with E-state index in [0.29, 0.717) is 5.92 Å². The summed E-state index contributed by atoms with van der Waals surface area (Å²) in [6.07, 6.45) is 1.07. The summed E-state index contributed by atoms with van der Waals surface area (Å²) < 4.78 is 5.26. The first-order valence-electron chi connectivity index (χ1n) is 5.66. The third kappa shape index (κ3) is 3.15. The van der Waals surface area contributed by atoms with E-state index in [9.17, 15) is 4.79 Å². The molecule has 2 rings (SSSR count). The minimum absolute atomic E-state index is 0.0685. The topological polar surface area (TPSA) is 62.4 Å². The van der Waals surface area contributed by atoms with Crippen molar-refractivity contribution >= 4 is 5.91 Å². The van der Waals surface area contributed by atoms with Crippen LogP contribution in [0.1, 0.15) is 6.42 Å². The van der Waals surface area contributed by atoms with Gasteiger partial charge in [0.05, 0.1) is 12.6 Å². The van der Waals surface area contributed by atoms with Gasteiger partial charge in [-0.1, -0.05) is 0 Å². The van der Waals surface area contributed by atoms with Gasteiger partial charge in [-0.3, -0.25) is 4.79 Å². The van der Waals surface area contributed by atoms with E-state index in [4.69, 9.17) is 4.74 Å². The predicted molar refractivity (Wildman–Crippen MR) is 56.6 cm³/mol. The number of hydrogen-bond donors (Lipinski definition) is 3. The fraction of sp³-hybridized carbons (Fsp3) is 0.900. The highest BCUT2D eigenvalue weighted by Gasteiger charge is 2.22. The van der Waals surface area contributed by atoms with Crippen LogP contribution in [0.4, 0.5) is 0 Å². The van der Waals surface area contributed by atoms with Crippen molar-refractivity contribution < 1.29 is 9.53 Å². The maximum atomic E-state index is 11.7. The number of hydrogen-bond acceptors (Lipinski definition) is 4. The first kappa shape index (κ1) is 10.9. The lowest BCUT2D eigenvalue weighted by atomic mass is 10.1. The Bertz CT molecular complexity index is 211. The molecule has 2 saturated heterocycles. The van der Waals surface area contributed by atoms with E-state index in [0.717, 1.165) is 45.8 Å². The fourth-order valence-corrected chi connectivity index (χ4v) is 1.95. The van der Waals surface area contributed by atoms with Gasteiger partial charge in [0.15, 0.2) is 0 Å². The first-order chi connectivity index (χ1) is 7.36. The van der Waals surface area contributed by atoms with E-state index in [2.05, 4.69) is 16.0 Å². The quantitative estimate of drug-likeness (QED) is 0.545. The molecular formula is C10H19N3O2. The van der Waals surface area contributed by atoms with Gasteiger partial charge in [-0.25, -0.2) is 0 Å². The van der Waals surface area contributed by atoms with Gasteiger partial charge in [0, 0.05) is 38.7 Å². The molecule has 0 radical (unpaired) electrons. The third-order valence-electron chi connectivity index (χ3n) is 2.95. The van der Waals surface area contributed by atoms with Gasteiger partial charge >= 0.3 is 0 Å². The first-order valence-corrected chi connectivity index (χ1v) is 5.66. The molecule has 0 aliphatic carbocycles. The summed E-state index contributed by atoms with van der Waals surface area (Å²) in [5.74, 6) is 0.611. The van der Waals surface area contributed by atoms with Crippen LogP contribution in [0.15, 0.2) is 0 Å². The highest BCUT2D eigenvalue weighted by Crippen LogP contribution is 2.10. The van der Waals surface area contributed by atoms with Crippen LogP contribution in [0.2, 0.25) is 0 Å². The van der Waals surface area contributed by atoms with Crippen LogP contribution in [0.3, 0.4) is 0 Å². The van der Waals surface area contributed by atoms with Crippen molar-refractivity contribution in [2.24, 2.45) is 5.92 Å². The summed E-state index contributed by atoms with van der Waals surface area (Å²) in [6.45, 7) is 4.91. The van der Waals surface area contributed by atoms with Crippen molar-refractivity contribution in [3.05, 3.63) is 0 Å². The Morgan fingerprint density at radius 2 is 2.40 bits per heavy atom. The Hall–Kier alpha value is -0.650. The number of nitrogens with one attached hydrogen (secondary N) is 3. The van der Waals surface area contributed by atoms with E-state index in [-0.39, 0.29) is 11.9 Å². The summed E-state index contributed by atoms with van der Waals surface area (Å²) in [4.78, 5) is 11.7. The molecular weight excluding hydrogens is 194 g/mol. The van der Waals surface area contributed by atoms with Crippen LogP contribution in [-0.2, 0) is 9.53 Å². The molecule has 86 valence electrons. The lowest BCUT2D eigenvalue weighted by Gasteiger charge is -2.24. The molecule has 0 spiro atoms. The molecule has 2 aliphatic heterocycles. The van der Waals surface area contributed by atoms with Gasteiger partial charge in [-0.15, -0.1) is 0 Å². The molecule has 0 aromatic carbocycles. The third-order valence-corrected chi connectivity index (χ3v) is 2.95. The van der Waals surface area contributed by atoms with Crippen molar-refractivity contribution in [1.29, 1.82) is 0 Å².